The Balaban J connectivity index is 2.05. The van der Waals surface area contributed by atoms with Crippen molar-refractivity contribution >= 4 is 5.91 Å². The second kappa shape index (κ2) is 3.69. The van der Waals surface area contributed by atoms with E-state index in [-0.39, 0.29) is 0 Å². The zero-order valence-electron chi connectivity index (χ0n) is 8.46. The maximum atomic E-state index is 11.7. The predicted molar refractivity (Wildman–Crippen MR) is 52.4 cm³/mol. The zero-order valence-corrected chi connectivity index (χ0v) is 8.46. The molecule has 0 aromatic heterocycles. The van der Waals surface area contributed by atoms with Crippen LogP contribution in [0, 0.1) is 5.92 Å². The summed E-state index contributed by atoms with van der Waals surface area (Å²) in [7, 11) is 0. The fourth-order valence-electron chi connectivity index (χ4n) is 2.74. The van der Waals surface area contributed by atoms with E-state index >= 15 is 0 Å². The molecule has 2 unspecified atom stereocenters. The highest BCUT2D eigenvalue weighted by Gasteiger charge is 2.30. The monoisotopic (exact) mass is 181 g/mol. The van der Waals surface area contributed by atoms with Crippen LogP contribution in [0.15, 0.2) is 0 Å². The van der Waals surface area contributed by atoms with Crippen molar-refractivity contribution in [2.75, 3.05) is 6.54 Å². The van der Waals surface area contributed by atoms with E-state index in [4.69, 9.17) is 0 Å². The first-order valence-electron chi connectivity index (χ1n) is 5.57. The van der Waals surface area contributed by atoms with Crippen molar-refractivity contribution in [1.29, 1.82) is 0 Å². The van der Waals surface area contributed by atoms with Crippen LogP contribution < -0.4 is 0 Å². The molecule has 0 aromatic carbocycles. The smallest absolute Gasteiger partial charge is 0.222 e. The number of nitrogens with zero attached hydrogens (tertiary/aromatic N) is 1. The van der Waals surface area contributed by atoms with Crippen LogP contribution in [0.2, 0.25) is 0 Å². The van der Waals surface area contributed by atoms with Gasteiger partial charge in [0.25, 0.3) is 0 Å². The van der Waals surface area contributed by atoms with Gasteiger partial charge in [-0.25, -0.2) is 0 Å². The zero-order chi connectivity index (χ0) is 9.26. The fourth-order valence-corrected chi connectivity index (χ4v) is 2.74. The van der Waals surface area contributed by atoms with Crippen molar-refractivity contribution in [3.63, 3.8) is 0 Å². The molecule has 2 heterocycles. The van der Waals surface area contributed by atoms with E-state index in [0.717, 1.165) is 25.3 Å². The maximum Gasteiger partial charge on any atom is 0.222 e. The van der Waals surface area contributed by atoms with Crippen molar-refractivity contribution in [3.05, 3.63) is 0 Å². The average Bonchev–Trinajstić information content (AvgIpc) is 2.49. The Bertz CT molecular complexity index is 202. The molecule has 0 spiro atoms. The van der Waals surface area contributed by atoms with Crippen LogP contribution in [0.25, 0.3) is 0 Å². The van der Waals surface area contributed by atoms with Gasteiger partial charge in [-0.2, -0.15) is 0 Å². The molecule has 2 atom stereocenters. The van der Waals surface area contributed by atoms with Gasteiger partial charge in [0.1, 0.15) is 0 Å². The van der Waals surface area contributed by atoms with Gasteiger partial charge >= 0.3 is 0 Å². The molecular weight excluding hydrogens is 162 g/mol. The van der Waals surface area contributed by atoms with Crippen molar-refractivity contribution < 1.29 is 4.79 Å². The highest BCUT2D eigenvalue weighted by atomic mass is 16.2. The minimum Gasteiger partial charge on any atom is -0.340 e. The van der Waals surface area contributed by atoms with Gasteiger partial charge in [-0.3, -0.25) is 4.79 Å². The van der Waals surface area contributed by atoms with Crippen molar-refractivity contribution in [1.82, 2.24) is 4.90 Å². The average molecular weight is 181 g/mol. The van der Waals surface area contributed by atoms with Crippen LogP contribution in [0.4, 0.5) is 0 Å². The molecule has 0 bridgehead atoms. The summed E-state index contributed by atoms with van der Waals surface area (Å²) in [6.45, 7) is 3.35. The third-order valence-corrected chi connectivity index (χ3v) is 3.46. The minimum atomic E-state index is 0.411. The van der Waals surface area contributed by atoms with Crippen LogP contribution in [0.1, 0.15) is 45.4 Å². The molecule has 0 N–H and O–H groups in total. The summed E-state index contributed by atoms with van der Waals surface area (Å²) in [5.74, 6) is 1.23. The highest BCUT2D eigenvalue weighted by molar-refractivity contribution is 5.76. The summed E-state index contributed by atoms with van der Waals surface area (Å²) in [6, 6.07) is 0.586. The lowest BCUT2D eigenvalue weighted by atomic mass is 9.93. The summed E-state index contributed by atoms with van der Waals surface area (Å²) < 4.78 is 0. The molecule has 2 rings (SSSR count). The molecular formula is C11H19NO. The molecule has 0 aliphatic carbocycles. The number of rotatable bonds is 0. The fraction of sp³-hybridized carbons (Fsp3) is 0.909. The first-order valence-corrected chi connectivity index (χ1v) is 5.57. The van der Waals surface area contributed by atoms with Crippen molar-refractivity contribution in [2.24, 2.45) is 5.92 Å². The lowest BCUT2D eigenvalue weighted by Crippen LogP contribution is -2.37. The van der Waals surface area contributed by atoms with Gasteiger partial charge < -0.3 is 4.90 Å². The van der Waals surface area contributed by atoms with Gasteiger partial charge in [0.15, 0.2) is 0 Å². The molecule has 0 aromatic rings. The van der Waals surface area contributed by atoms with E-state index < -0.39 is 0 Å². The highest BCUT2D eigenvalue weighted by Crippen LogP contribution is 2.28. The van der Waals surface area contributed by atoms with Gasteiger partial charge in [0.2, 0.25) is 5.91 Å². The van der Waals surface area contributed by atoms with Crippen LogP contribution in [0.5, 0.6) is 0 Å². The van der Waals surface area contributed by atoms with Gasteiger partial charge in [-0.15, -0.1) is 0 Å². The lowest BCUT2D eigenvalue weighted by Gasteiger charge is -2.29. The first kappa shape index (κ1) is 9.04. The summed E-state index contributed by atoms with van der Waals surface area (Å²) in [6.07, 6.45) is 6.85. The summed E-state index contributed by atoms with van der Waals surface area (Å²) in [5, 5.41) is 0. The second-order valence-electron chi connectivity index (χ2n) is 4.62. The van der Waals surface area contributed by atoms with Crippen LogP contribution >= 0.6 is 0 Å². The van der Waals surface area contributed by atoms with Gasteiger partial charge in [-0.1, -0.05) is 13.3 Å². The number of hydrogen-bond acceptors (Lipinski definition) is 1. The molecule has 2 aliphatic heterocycles. The van der Waals surface area contributed by atoms with Crippen LogP contribution in [-0.4, -0.2) is 23.4 Å². The number of amides is 1. The molecule has 2 aliphatic rings. The topological polar surface area (TPSA) is 20.3 Å². The lowest BCUT2D eigenvalue weighted by molar-refractivity contribution is -0.133. The van der Waals surface area contributed by atoms with E-state index in [1.165, 1.54) is 25.7 Å². The Kier molecular flexibility index (Phi) is 2.56. The third-order valence-electron chi connectivity index (χ3n) is 3.46. The molecule has 2 heteroatoms. The molecule has 0 saturated carbocycles. The Morgan fingerprint density at radius 3 is 3.00 bits per heavy atom. The van der Waals surface area contributed by atoms with E-state index in [9.17, 15) is 4.79 Å². The molecule has 0 radical (unpaired) electrons. The van der Waals surface area contributed by atoms with Crippen molar-refractivity contribution in [3.8, 4) is 0 Å². The first-order chi connectivity index (χ1) is 6.27. The normalized spacial score (nSPS) is 35.5. The van der Waals surface area contributed by atoms with E-state index in [2.05, 4.69) is 11.8 Å². The third kappa shape index (κ3) is 1.87. The summed E-state index contributed by atoms with van der Waals surface area (Å²) in [4.78, 5) is 13.8. The van der Waals surface area contributed by atoms with E-state index in [1.54, 1.807) is 0 Å². The second-order valence-corrected chi connectivity index (χ2v) is 4.62. The van der Waals surface area contributed by atoms with Crippen LogP contribution in [0.3, 0.4) is 0 Å². The Labute approximate surface area is 80.3 Å². The Morgan fingerprint density at radius 1 is 1.31 bits per heavy atom. The molecule has 2 fully saturated rings. The van der Waals surface area contributed by atoms with E-state index in [0.29, 0.717) is 11.9 Å². The van der Waals surface area contributed by atoms with E-state index in [1.807, 2.05) is 0 Å². The Morgan fingerprint density at radius 2 is 2.15 bits per heavy atom. The number of carbonyl (C=O) groups excluding carboxylic acids is 1. The standard InChI is InChI=1S/C11H19NO/c1-9-4-2-6-11(13)12-7-3-5-10(12)8-9/h9-10H,2-8H2,1H3. The predicted octanol–water partition coefficient (Wildman–Crippen LogP) is 2.19. The maximum absolute atomic E-state index is 11.7. The molecule has 13 heavy (non-hydrogen) atoms. The van der Waals surface area contributed by atoms with Crippen molar-refractivity contribution in [2.45, 2.75) is 51.5 Å². The minimum absolute atomic E-state index is 0.411. The van der Waals surface area contributed by atoms with Crippen LogP contribution in [-0.2, 0) is 4.79 Å². The molecule has 2 saturated heterocycles. The summed E-state index contributed by atoms with van der Waals surface area (Å²) >= 11 is 0. The SMILES string of the molecule is CC1CCCC(=O)N2CCCC2C1. The quantitative estimate of drug-likeness (QED) is 0.561. The van der Waals surface area contributed by atoms with Gasteiger partial charge in [-0.05, 0) is 31.6 Å². The van der Waals surface area contributed by atoms with Gasteiger partial charge in [0, 0.05) is 19.0 Å². The number of fused-ring (bicyclic) bond motifs is 1. The number of hydrogen-bond donors (Lipinski definition) is 0. The largest absolute Gasteiger partial charge is 0.340 e. The molecule has 74 valence electrons. The molecule has 2 nitrogen and oxygen atoms in total. The number of carbonyl (C=O) groups is 1. The summed E-state index contributed by atoms with van der Waals surface area (Å²) in [5.41, 5.74) is 0. The molecule has 1 amide bonds. The van der Waals surface area contributed by atoms with Gasteiger partial charge in [0.05, 0.1) is 0 Å². The Hall–Kier alpha value is -0.530.